The van der Waals surface area contributed by atoms with Gasteiger partial charge in [0.2, 0.25) is 5.91 Å². The standard InChI is InChI=1S/C15H19N3O/c1-18(15(19)12-6-7-16-9-12)13-8-11-4-2-3-5-14(11)17-10-13/h2-5,8,12,16-17H,6-7,9-10H2,1H3. The molecule has 1 atom stereocenters. The fourth-order valence-electron chi connectivity index (χ4n) is 2.70. The van der Waals surface area contributed by atoms with Crippen molar-refractivity contribution in [3.8, 4) is 0 Å². The zero-order valence-electron chi connectivity index (χ0n) is 11.1. The Labute approximate surface area is 113 Å². The maximum Gasteiger partial charge on any atom is 0.230 e. The topological polar surface area (TPSA) is 44.4 Å². The summed E-state index contributed by atoms with van der Waals surface area (Å²) in [5.74, 6) is 0.348. The first-order chi connectivity index (χ1) is 9.25. The lowest BCUT2D eigenvalue weighted by molar-refractivity contribution is -0.131. The molecule has 0 radical (unpaired) electrons. The average molecular weight is 257 g/mol. The Balaban J connectivity index is 1.79. The Kier molecular flexibility index (Phi) is 3.25. The molecular formula is C15H19N3O. The van der Waals surface area contributed by atoms with Crippen LogP contribution in [-0.2, 0) is 4.79 Å². The Hall–Kier alpha value is -1.81. The van der Waals surface area contributed by atoms with E-state index in [1.165, 1.54) is 0 Å². The van der Waals surface area contributed by atoms with Gasteiger partial charge in [-0.15, -0.1) is 0 Å². The van der Waals surface area contributed by atoms with Crippen molar-refractivity contribution in [2.24, 2.45) is 5.92 Å². The summed E-state index contributed by atoms with van der Waals surface area (Å²) in [7, 11) is 1.88. The molecule has 1 saturated heterocycles. The highest BCUT2D eigenvalue weighted by atomic mass is 16.2. The van der Waals surface area contributed by atoms with Gasteiger partial charge < -0.3 is 15.5 Å². The molecule has 1 fully saturated rings. The molecule has 0 spiro atoms. The van der Waals surface area contributed by atoms with E-state index in [2.05, 4.69) is 28.8 Å². The number of hydrogen-bond acceptors (Lipinski definition) is 3. The van der Waals surface area contributed by atoms with Crippen LogP contribution in [0.1, 0.15) is 12.0 Å². The van der Waals surface area contributed by atoms with Crippen LogP contribution in [0.3, 0.4) is 0 Å². The summed E-state index contributed by atoms with van der Waals surface area (Å²) in [5.41, 5.74) is 3.32. The summed E-state index contributed by atoms with van der Waals surface area (Å²) in [6.07, 6.45) is 3.05. The van der Waals surface area contributed by atoms with Gasteiger partial charge in [-0.05, 0) is 30.7 Å². The Morgan fingerprint density at radius 1 is 1.37 bits per heavy atom. The van der Waals surface area contributed by atoms with Crippen LogP contribution in [-0.4, -0.2) is 37.5 Å². The van der Waals surface area contributed by atoms with E-state index in [9.17, 15) is 4.79 Å². The van der Waals surface area contributed by atoms with Crippen molar-refractivity contribution >= 4 is 17.7 Å². The largest absolute Gasteiger partial charge is 0.379 e. The van der Waals surface area contributed by atoms with Crippen molar-refractivity contribution in [3.05, 3.63) is 35.5 Å². The zero-order valence-corrected chi connectivity index (χ0v) is 11.1. The third kappa shape index (κ3) is 2.36. The molecule has 1 aromatic rings. The van der Waals surface area contributed by atoms with Gasteiger partial charge in [-0.3, -0.25) is 4.79 Å². The van der Waals surface area contributed by atoms with Crippen molar-refractivity contribution in [1.29, 1.82) is 0 Å². The van der Waals surface area contributed by atoms with Crippen molar-refractivity contribution in [1.82, 2.24) is 10.2 Å². The molecule has 19 heavy (non-hydrogen) atoms. The number of fused-ring (bicyclic) bond motifs is 1. The molecule has 3 rings (SSSR count). The number of para-hydroxylation sites is 1. The summed E-state index contributed by atoms with van der Waals surface area (Å²) in [6, 6.07) is 8.16. The van der Waals surface area contributed by atoms with E-state index >= 15 is 0 Å². The number of hydrogen-bond donors (Lipinski definition) is 2. The van der Waals surface area contributed by atoms with Crippen molar-refractivity contribution in [2.75, 3.05) is 32.0 Å². The van der Waals surface area contributed by atoms with Gasteiger partial charge in [-0.1, -0.05) is 18.2 Å². The lowest BCUT2D eigenvalue weighted by Gasteiger charge is -2.27. The molecule has 0 bridgehead atoms. The van der Waals surface area contributed by atoms with Crippen LogP contribution < -0.4 is 10.6 Å². The number of nitrogens with one attached hydrogen (secondary N) is 2. The second-order valence-corrected chi connectivity index (χ2v) is 5.16. The fraction of sp³-hybridized carbons (Fsp3) is 0.400. The third-order valence-corrected chi connectivity index (χ3v) is 3.91. The second kappa shape index (κ2) is 5.05. The Morgan fingerprint density at radius 2 is 2.21 bits per heavy atom. The Bertz CT molecular complexity index is 518. The van der Waals surface area contributed by atoms with Crippen LogP contribution in [0.15, 0.2) is 30.0 Å². The first kappa shape index (κ1) is 12.2. The summed E-state index contributed by atoms with van der Waals surface area (Å²) in [5, 5.41) is 6.61. The van der Waals surface area contributed by atoms with E-state index in [-0.39, 0.29) is 11.8 Å². The highest BCUT2D eigenvalue weighted by molar-refractivity contribution is 5.83. The molecule has 2 N–H and O–H groups in total. The normalized spacial score (nSPS) is 21.3. The van der Waals surface area contributed by atoms with Gasteiger partial charge in [0, 0.05) is 25.0 Å². The monoisotopic (exact) mass is 257 g/mol. The molecule has 0 aromatic heterocycles. The van der Waals surface area contributed by atoms with Crippen LogP contribution >= 0.6 is 0 Å². The van der Waals surface area contributed by atoms with Crippen molar-refractivity contribution < 1.29 is 4.79 Å². The van der Waals surface area contributed by atoms with Crippen LogP contribution in [0.5, 0.6) is 0 Å². The number of benzene rings is 1. The SMILES string of the molecule is CN(C(=O)C1CCNC1)C1=Cc2ccccc2NC1. The number of rotatable bonds is 2. The molecule has 1 amide bonds. The highest BCUT2D eigenvalue weighted by Crippen LogP contribution is 2.25. The molecular weight excluding hydrogens is 238 g/mol. The molecule has 1 aromatic carbocycles. The van der Waals surface area contributed by atoms with Gasteiger partial charge in [0.25, 0.3) is 0 Å². The average Bonchev–Trinajstić information content (AvgIpc) is 2.99. The van der Waals surface area contributed by atoms with Crippen LogP contribution in [0.2, 0.25) is 0 Å². The van der Waals surface area contributed by atoms with Gasteiger partial charge >= 0.3 is 0 Å². The third-order valence-electron chi connectivity index (χ3n) is 3.91. The van der Waals surface area contributed by atoms with Gasteiger partial charge in [0.1, 0.15) is 0 Å². The molecule has 0 aliphatic carbocycles. The number of carbonyl (C=O) groups excluding carboxylic acids is 1. The summed E-state index contributed by atoms with van der Waals surface area (Å²) in [6.45, 7) is 2.46. The van der Waals surface area contributed by atoms with Crippen LogP contribution in [0.25, 0.3) is 6.08 Å². The van der Waals surface area contributed by atoms with Gasteiger partial charge in [0.05, 0.1) is 12.5 Å². The maximum absolute atomic E-state index is 12.4. The van der Waals surface area contributed by atoms with E-state index in [4.69, 9.17) is 0 Å². The first-order valence-electron chi connectivity index (χ1n) is 6.77. The smallest absolute Gasteiger partial charge is 0.230 e. The van der Waals surface area contributed by atoms with E-state index in [1.54, 1.807) is 4.90 Å². The predicted molar refractivity (Wildman–Crippen MR) is 76.7 cm³/mol. The minimum Gasteiger partial charge on any atom is -0.379 e. The van der Waals surface area contributed by atoms with Crippen molar-refractivity contribution in [3.63, 3.8) is 0 Å². The lowest BCUT2D eigenvalue weighted by atomic mass is 10.0. The minimum atomic E-state index is 0.128. The first-order valence-corrected chi connectivity index (χ1v) is 6.77. The maximum atomic E-state index is 12.4. The quantitative estimate of drug-likeness (QED) is 0.844. The number of likely N-dealkylation sites (N-methyl/N-ethyl adjacent to an activating group) is 1. The second-order valence-electron chi connectivity index (χ2n) is 5.16. The summed E-state index contributed by atoms with van der Waals surface area (Å²) < 4.78 is 0. The highest BCUT2D eigenvalue weighted by Gasteiger charge is 2.27. The summed E-state index contributed by atoms with van der Waals surface area (Å²) in [4.78, 5) is 14.2. The van der Waals surface area contributed by atoms with E-state index in [0.29, 0.717) is 6.54 Å². The van der Waals surface area contributed by atoms with Crippen LogP contribution in [0.4, 0.5) is 5.69 Å². The van der Waals surface area contributed by atoms with Gasteiger partial charge in [-0.2, -0.15) is 0 Å². The van der Waals surface area contributed by atoms with E-state index in [1.807, 2.05) is 19.2 Å². The van der Waals surface area contributed by atoms with Gasteiger partial charge in [0.15, 0.2) is 0 Å². The van der Waals surface area contributed by atoms with E-state index in [0.717, 1.165) is 36.5 Å². The predicted octanol–water partition coefficient (Wildman–Crippen LogP) is 1.52. The molecule has 2 aliphatic rings. The molecule has 1 unspecified atom stereocenters. The number of amides is 1. The lowest BCUT2D eigenvalue weighted by Crippen LogP contribution is -2.36. The number of anilines is 1. The van der Waals surface area contributed by atoms with Crippen LogP contribution in [0, 0.1) is 5.92 Å². The zero-order chi connectivity index (χ0) is 13.2. The molecule has 4 nitrogen and oxygen atoms in total. The fourth-order valence-corrected chi connectivity index (χ4v) is 2.70. The number of nitrogens with zero attached hydrogens (tertiary/aromatic N) is 1. The van der Waals surface area contributed by atoms with E-state index < -0.39 is 0 Å². The minimum absolute atomic E-state index is 0.128. The molecule has 2 aliphatic heterocycles. The molecule has 0 saturated carbocycles. The van der Waals surface area contributed by atoms with Crippen molar-refractivity contribution in [2.45, 2.75) is 6.42 Å². The molecule has 2 heterocycles. The Morgan fingerprint density at radius 3 is 3.00 bits per heavy atom. The number of carbonyl (C=O) groups is 1. The summed E-state index contributed by atoms with van der Waals surface area (Å²) >= 11 is 0. The van der Waals surface area contributed by atoms with Gasteiger partial charge in [-0.25, -0.2) is 0 Å². The molecule has 100 valence electrons. The molecule has 4 heteroatoms.